The first kappa shape index (κ1) is 18.6. The molecule has 0 radical (unpaired) electrons. The highest BCUT2D eigenvalue weighted by Crippen LogP contribution is 2.11. The predicted octanol–water partition coefficient (Wildman–Crippen LogP) is 4.23. The molecule has 2 aromatic carbocycles. The lowest BCUT2D eigenvalue weighted by molar-refractivity contribution is 0.0945. The van der Waals surface area contributed by atoms with Gasteiger partial charge in [0.2, 0.25) is 0 Å². The molecule has 0 aliphatic heterocycles. The second-order valence-corrected chi connectivity index (χ2v) is 6.47. The molecule has 1 aromatic heterocycles. The first-order valence-corrected chi connectivity index (χ1v) is 8.77. The van der Waals surface area contributed by atoms with Crippen LogP contribution < -0.4 is 10.6 Å². The zero-order chi connectivity index (χ0) is 19.2. The summed E-state index contributed by atoms with van der Waals surface area (Å²) in [7, 11) is 0. The number of nitrogens with zero attached hydrogens (tertiary/aromatic N) is 1. The molecule has 0 saturated carbocycles. The molecule has 27 heavy (non-hydrogen) atoms. The largest absolute Gasteiger partial charge is 0.347 e. The summed E-state index contributed by atoms with van der Waals surface area (Å²) < 4.78 is 0. The number of carbonyl (C=O) groups is 2. The topological polar surface area (TPSA) is 71.1 Å². The highest BCUT2D eigenvalue weighted by molar-refractivity contribution is 6.30. The number of amides is 2. The number of anilines is 1. The van der Waals surface area contributed by atoms with E-state index in [9.17, 15) is 9.59 Å². The number of carbonyl (C=O) groups excluding carboxylic acids is 2. The van der Waals surface area contributed by atoms with Gasteiger partial charge in [0, 0.05) is 17.3 Å². The minimum absolute atomic E-state index is 0.176. The van der Waals surface area contributed by atoms with Crippen LogP contribution in [0.2, 0.25) is 5.02 Å². The predicted molar refractivity (Wildman–Crippen MR) is 106 cm³/mol. The molecule has 2 N–H and O–H groups in total. The van der Waals surface area contributed by atoms with Crippen LogP contribution >= 0.6 is 11.6 Å². The molecule has 136 valence electrons. The number of aryl methyl sites for hydroxylation is 1. The van der Waals surface area contributed by atoms with Crippen molar-refractivity contribution in [2.24, 2.45) is 0 Å². The van der Waals surface area contributed by atoms with Crippen molar-refractivity contribution in [1.29, 1.82) is 0 Å². The minimum atomic E-state index is -0.369. The maximum Gasteiger partial charge on any atom is 0.274 e. The maximum absolute atomic E-state index is 12.4. The van der Waals surface area contributed by atoms with Crippen LogP contribution in [-0.2, 0) is 6.54 Å². The summed E-state index contributed by atoms with van der Waals surface area (Å²) >= 11 is 5.85. The molecule has 0 fully saturated rings. The van der Waals surface area contributed by atoms with Gasteiger partial charge in [0.15, 0.2) is 0 Å². The van der Waals surface area contributed by atoms with E-state index in [4.69, 9.17) is 11.6 Å². The lowest BCUT2D eigenvalue weighted by Gasteiger charge is -2.08. The van der Waals surface area contributed by atoms with Gasteiger partial charge in [0.05, 0.1) is 0 Å². The molecule has 0 atom stereocenters. The molecule has 3 rings (SSSR count). The quantitative estimate of drug-likeness (QED) is 0.697. The second kappa shape index (κ2) is 8.47. The lowest BCUT2D eigenvalue weighted by atomic mass is 10.2. The van der Waals surface area contributed by atoms with Gasteiger partial charge in [-0.15, -0.1) is 0 Å². The van der Waals surface area contributed by atoms with Crippen LogP contribution in [0.3, 0.4) is 0 Å². The third-order valence-corrected chi connectivity index (χ3v) is 4.14. The van der Waals surface area contributed by atoms with Gasteiger partial charge in [-0.3, -0.25) is 9.59 Å². The monoisotopic (exact) mass is 379 g/mol. The molecule has 0 aliphatic carbocycles. The summed E-state index contributed by atoms with van der Waals surface area (Å²) in [5.41, 5.74) is 3.05. The van der Waals surface area contributed by atoms with Crippen LogP contribution in [0.1, 0.15) is 32.1 Å². The molecular formula is C21H18ClN3O2. The number of aromatic nitrogens is 1. The Hall–Kier alpha value is -3.18. The number of pyridine rings is 1. The number of benzene rings is 2. The fourth-order valence-corrected chi connectivity index (χ4v) is 2.52. The van der Waals surface area contributed by atoms with Crippen molar-refractivity contribution in [2.45, 2.75) is 13.5 Å². The van der Waals surface area contributed by atoms with Gasteiger partial charge in [-0.1, -0.05) is 47.5 Å². The van der Waals surface area contributed by atoms with Crippen LogP contribution in [0.25, 0.3) is 0 Å². The maximum atomic E-state index is 12.4. The molecule has 0 aliphatic rings. The van der Waals surface area contributed by atoms with Crippen LogP contribution in [0.5, 0.6) is 0 Å². The Morgan fingerprint density at radius 1 is 0.889 bits per heavy atom. The van der Waals surface area contributed by atoms with Crippen molar-refractivity contribution in [3.8, 4) is 0 Å². The second-order valence-electron chi connectivity index (χ2n) is 6.04. The van der Waals surface area contributed by atoms with Gasteiger partial charge < -0.3 is 10.6 Å². The van der Waals surface area contributed by atoms with Gasteiger partial charge >= 0.3 is 0 Å². The van der Waals surface area contributed by atoms with E-state index in [0.717, 1.165) is 11.1 Å². The van der Waals surface area contributed by atoms with Crippen LogP contribution in [0, 0.1) is 6.92 Å². The molecule has 6 heteroatoms. The number of hydrogen-bond donors (Lipinski definition) is 2. The zero-order valence-corrected chi connectivity index (χ0v) is 15.5. The molecule has 1 heterocycles. The van der Waals surface area contributed by atoms with Crippen molar-refractivity contribution in [3.05, 3.63) is 94.3 Å². The molecule has 0 saturated heterocycles. The Labute approximate surface area is 162 Å². The summed E-state index contributed by atoms with van der Waals surface area (Å²) in [6.07, 6.45) is 0. The average Bonchev–Trinajstić information content (AvgIpc) is 2.69. The Kier molecular flexibility index (Phi) is 5.84. The van der Waals surface area contributed by atoms with Crippen LogP contribution in [-0.4, -0.2) is 16.8 Å². The average molecular weight is 380 g/mol. The standard InChI is InChI=1S/C21H18ClN3O2/c1-14-5-11-17(12-6-14)24-21(27)19-4-2-3-18(25-19)20(26)23-13-15-7-9-16(22)10-8-15/h2-12H,13H2,1H3,(H,23,26)(H,24,27). The minimum Gasteiger partial charge on any atom is -0.347 e. The van der Waals surface area contributed by atoms with E-state index in [1.807, 2.05) is 43.3 Å². The molecule has 5 nitrogen and oxygen atoms in total. The molecule has 3 aromatic rings. The highest BCUT2D eigenvalue weighted by atomic mass is 35.5. The summed E-state index contributed by atoms with van der Waals surface area (Å²) in [5, 5.41) is 6.19. The Morgan fingerprint density at radius 2 is 1.52 bits per heavy atom. The normalized spacial score (nSPS) is 10.3. The molecule has 0 bridgehead atoms. The van der Waals surface area contributed by atoms with E-state index in [1.54, 1.807) is 30.3 Å². The first-order chi connectivity index (χ1) is 13.0. The van der Waals surface area contributed by atoms with E-state index in [-0.39, 0.29) is 23.2 Å². The first-order valence-electron chi connectivity index (χ1n) is 8.39. The molecule has 0 unspecified atom stereocenters. The Morgan fingerprint density at radius 3 is 2.19 bits per heavy atom. The van der Waals surface area contributed by atoms with Gasteiger partial charge in [-0.25, -0.2) is 4.98 Å². The fourth-order valence-electron chi connectivity index (χ4n) is 2.39. The Bertz CT molecular complexity index is 954. The summed E-state index contributed by atoms with van der Waals surface area (Å²) in [4.78, 5) is 28.9. The zero-order valence-electron chi connectivity index (χ0n) is 14.7. The van der Waals surface area contributed by atoms with Crippen molar-refractivity contribution in [3.63, 3.8) is 0 Å². The van der Waals surface area contributed by atoms with Gasteiger partial charge in [-0.2, -0.15) is 0 Å². The third-order valence-electron chi connectivity index (χ3n) is 3.89. The molecular weight excluding hydrogens is 362 g/mol. The van der Waals surface area contributed by atoms with Crippen molar-refractivity contribution >= 4 is 29.1 Å². The summed E-state index contributed by atoms with van der Waals surface area (Å²) in [6.45, 7) is 2.32. The van der Waals surface area contributed by atoms with E-state index in [1.165, 1.54) is 0 Å². The molecule has 0 spiro atoms. The highest BCUT2D eigenvalue weighted by Gasteiger charge is 2.12. The smallest absolute Gasteiger partial charge is 0.274 e. The Balaban J connectivity index is 1.65. The SMILES string of the molecule is Cc1ccc(NC(=O)c2cccc(C(=O)NCc3ccc(Cl)cc3)n2)cc1. The van der Waals surface area contributed by atoms with Crippen molar-refractivity contribution in [2.75, 3.05) is 5.32 Å². The van der Waals surface area contributed by atoms with Gasteiger partial charge in [0.1, 0.15) is 11.4 Å². The van der Waals surface area contributed by atoms with Crippen LogP contribution in [0.4, 0.5) is 5.69 Å². The van der Waals surface area contributed by atoms with Crippen molar-refractivity contribution in [1.82, 2.24) is 10.3 Å². The summed E-state index contributed by atoms with van der Waals surface area (Å²) in [6, 6.07) is 19.4. The fraction of sp³-hybridized carbons (Fsp3) is 0.0952. The van der Waals surface area contributed by atoms with E-state index < -0.39 is 0 Å². The molecule has 2 amide bonds. The van der Waals surface area contributed by atoms with Crippen molar-refractivity contribution < 1.29 is 9.59 Å². The van der Waals surface area contributed by atoms with E-state index in [2.05, 4.69) is 15.6 Å². The summed E-state index contributed by atoms with van der Waals surface area (Å²) in [5.74, 6) is -0.721. The number of halogens is 1. The van der Waals surface area contributed by atoms with Crippen LogP contribution in [0.15, 0.2) is 66.7 Å². The number of nitrogens with one attached hydrogen (secondary N) is 2. The third kappa shape index (κ3) is 5.15. The number of hydrogen-bond acceptors (Lipinski definition) is 3. The van der Waals surface area contributed by atoms with Gasteiger partial charge in [-0.05, 0) is 48.9 Å². The van der Waals surface area contributed by atoms with Gasteiger partial charge in [0.25, 0.3) is 11.8 Å². The number of rotatable bonds is 5. The van der Waals surface area contributed by atoms with E-state index >= 15 is 0 Å². The van der Waals surface area contributed by atoms with E-state index in [0.29, 0.717) is 17.3 Å². The lowest BCUT2D eigenvalue weighted by Crippen LogP contribution is -2.25.